The average Bonchev–Trinajstić information content (AvgIpc) is 2.50. The lowest BCUT2D eigenvalue weighted by molar-refractivity contribution is -0.143. The van der Waals surface area contributed by atoms with E-state index in [9.17, 15) is 9.90 Å². The zero-order valence-electron chi connectivity index (χ0n) is 18.3. The Bertz CT molecular complexity index is 637. The largest absolute Gasteiger partial charge is 0.507 e. The third-order valence-electron chi connectivity index (χ3n) is 5.19. The number of aryl methyl sites for hydroxylation is 1. The van der Waals surface area contributed by atoms with Crippen LogP contribution in [0.3, 0.4) is 0 Å². The maximum Gasteiger partial charge on any atom is 0.223 e. The third-order valence-corrected chi connectivity index (χ3v) is 5.19. The van der Waals surface area contributed by atoms with Crippen LogP contribution in [0.1, 0.15) is 78.5 Å². The Morgan fingerprint density at radius 2 is 1.48 bits per heavy atom. The molecule has 1 aromatic rings. The fourth-order valence-electron chi connectivity index (χ4n) is 3.77. The van der Waals surface area contributed by atoms with E-state index in [0.29, 0.717) is 31.7 Å². The SMILES string of the molecule is C[C@@H]1CN(C(=O)CCc2cc(C(C)(C)C)c(O)c(C(C)(C)C)c2)C[C@@H](C)O1. The molecule has 4 heteroatoms. The van der Waals surface area contributed by atoms with E-state index in [1.165, 1.54) is 0 Å². The summed E-state index contributed by atoms with van der Waals surface area (Å²) in [7, 11) is 0. The van der Waals surface area contributed by atoms with Gasteiger partial charge in [-0.25, -0.2) is 0 Å². The smallest absolute Gasteiger partial charge is 0.223 e. The first kappa shape index (κ1) is 21.7. The number of benzene rings is 1. The quantitative estimate of drug-likeness (QED) is 0.843. The minimum absolute atomic E-state index is 0.0892. The lowest BCUT2D eigenvalue weighted by Gasteiger charge is -2.35. The van der Waals surface area contributed by atoms with Gasteiger partial charge in [0.05, 0.1) is 12.2 Å². The Hall–Kier alpha value is -1.55. The van der Waals surface area contributed by atoms with Crippen molar-refractivity contribution in [3.8, 4) is 5.75 Å². The van der Waals surface area contributed by atoms with Crippen LogP contribution >= 0.6 is 0 Å². The van der Waals surface area contributed by atoms with Crippen molar-refractivity contribution in [1.29, 1.82) is 0 Å². The number of phenolic OH excluding ortho intramolecular Hbond substituents is 1. The zero-order valence-corrected chi connectivity index (χ0v) is 18.3. The molecule has 1 amide bonds. The number of ether oxygens (including phenoxy) is 1. The maximum atomic E-state index is 12.7. The van der Waals surface area contributed by atoms with Crippen molar-refractivity contribution in [1.82, 2.24) is 4.90 Å². The van der Waals surface area contributed by atoms with Crippen LogP contribution in [0.2, 0.25) is 0 Å². The van der Waals surface area contributed by atoms with Crippen LogP contribution in [0, 0.1) is 0 Å². The molecule has 0 unspecified atom stereocenters. The minimum atomic E-state index is -0.154. The van der Waals surface area contributed by atoms with Gasteiger partial charge in [0.25, 0.3) is 0 Å². The highest BCUT2D eigenvalue weighted by atomic mass is 16.5. The van der Waals surface area contributed by atoms with Crippen molar-refractivity contribution in [3.63, 3.8) is 0 Å². The van der Waals surface area contributed by atoms with Crippen molar-refractivity contribution >= 4 is 5.91 Å². The van der Waals surface area contributed by atoms with Crippen molar-refractivity contribution in [3.05, 3.63) is 28.8 Å². The van der Waals surface area contributed by atoms with Gasteiger partial charge in [-0.2, -0.15) is 0 Å². The normalized spacial score (nSPS) is 21.4. The van der Waals surface area contributed by atoms with Crippen molar-refractivity contribution in [2.24, 2.45) is 0 Å². The first-order valence-corrected chi connectivity index (χ1v) is 10.1. The fourth-order valence-corrected chi connectivity index (χ4v) is 3.77. The molecule has 1 N–H and O–H groups in total. The molecular formula is C23H37NO3. The van der Waals surface area contributed by atoms with Crippen molar-refractivity contribution < 1.29 is 14.6 Å². The van der Waals surface area contributed by atoms with E-state index in [1.54, 1.807) is 0 Å². The first-order chi connectivity index (χ1) is 12.3. The molecule has 4 nitrogen and oxygen atoms in total. The van der Waals surface area contributed by atoms with Gasteiger partial charge >= 0.3 is 0 Å². The van der Waals surface area contributed by atoms with Crippen LogP contribution < -0.4 is 0 Å². The molecule has 1 heterocycles. The van der Waals surface area contributed by atoms with Crippen LogP contribution in [-0.2, 0) is 26.8 Å². The molecule has 0 saturated carbocycles. The highest BCUT2D eigenvalue weighted by Gasteiger charge is 2.28. The van der Waals surface area contributed by atoms with Crippen LogP contribution in [0.5, 0.6) is 5.75 Å². The summed E-state index contributed by atoms with van der Waals surface area (Å²) in [5.74, 6) is 0.570. The maximum absolute atomic E-state index is 12.7. The second kappa shape index (κ2) is 7.83. The summed E-state index contributed by atoms with van der Waals surface area (Å²) in [6.45, 7) is 18.0. The number of rotatable bonds is 3. The monoisotopic (exact) mass is 375 g/mol. The third kappa shape index (κ3) is 5.47. The van der Waals surface area contributed by atoms with Crippen molar-refractivity contribution in [2.75, 3.05) is 13.1 Å². The summed E-state index contributed by atoms with van der Waals surface area (Å²) in [4.78, 5) is 14.6. The standard InChI is InChI=1S/C23H37NO3/c1-15-13-24(14-16(2)27-15)20(25)10-9-17-11-18(22(3,4)5)21(26)19(12-17)23(6,7)8/h11-12,15-16,26H,9-10,13-14H2,1-8H3/t15-,16-/m1/s1. The predicted octanol–water partition coefficient (Wildman–Crippen LogP) is 4.56. The lowest BCUT2D eigenvalue weighted by atomic mass is 9.78. The van der Waals surface area contributed by atoms with Gasteiger partial charge < -0.3 is 14.7 Å². The van der Waals surface area contributed by atoms with E-state index in [-0.39, 0.29) is 28.9 Å². The second-order valence-corrected chi connectivity index (χ2v) is 10.1. The van der Waals surface area contributed by atoms with E-state index in [1.807, 2.05) is 18.7 Å². The van der Waals surface area contributed by atoms with Gasteiger partial charge in [0, 0.05) is 19.5 Å². The van der Waals surface area contributed by atoms with Gasteiger partial charge in [-0.1, -0.05) is 53.7 Å². The number of nitrogens with zero attached hydrogens (tertiary/aromatic N) is 1. The molecule has 0 aliphatic carbocycles. The lowest BCUT2D eigenvalue weighted by Crippen LogP contribution is -2.48. The molecule has 152 valence electrons. The highest BCUT2D eigenvalue weighted by Crippen LogP contribution is 2.40. The predicted molar refractivity (Wildman–Crippen MR) is 110 cm³/mol. The number of hydrogen-bond acceptors (Lipinski definition) is 3. The molecule has 2 rings (SSSR count). The number of carbonyl (C=O) groups is 1. The molecule has 1 aromatic carbocycles. The molecule has 1 aliphatic rings. The molecule has 1 aliphatic heterocycles. The van der Waals surface area contributed by atoms with E-state index >= 15 is 0 Å². The van der Waals surface area contributed by atoms with Gasteiger partial charge in [-0.05, 0) is 47.8 Å². The topological polar surface area (TPSA) is 49.8 Å². The molecule has 0 bridgehead atoms. The summed E-state index contributed by atoms with van der Waals surface area (Å²) in [5, 5.41) is 10.8. The number of morpholine rings is 1. The van der Waals surface area contributed by atoms with Crippen LogP contribution in [0.15, 0.2) is 12.1 Å². The number of carbonyl (C=O) groups excluding carboxylic acids is 1. The second-order valence-electron chi connectivity index (χ2n) is 10.1. The summed E-state index contributed by atoms with van der Waals surface area (Å²) >= 11 is 0. The fraction of sp³-hybridized carbons (Fsp3) is 0.696. The number of aromatic hydroxyl groups is 1. The van der Waals surface area contributed by atoms with Gasteiger partial charge in [-0.3, -0.25) is 4.79 Å². The van der Waals surface area contributed by atoms with Crippen LogP contribution in [-0.4, -0.2) is 41.2 Å². The summed E-state index contributed by atoms with van der Waals surface area (Å²) < 4.78 is 5.73. The zero-order chi connectivity index (χ0) is 20.6. The van der Waals surface area contributed by atoms with Crippen LogP contribution in [0.25, 0.3) is 0 Å². The molecule has 27 heavy (non-hydrogen) atoms. The number of amides is 1. The number of hydrogen-bond donors (Lipinski definition) is 1. The Morgan fingerprint density at radius 3 is 1.89 bits per heavy atom. The van der Waals surface area contributed by atoms with E-state index in [0.717, 1.165) is 16.7 Å². The van der Waals surface area contributed by atoms with E-state index < -0.39 is 0 Å². The Balaban J connectivity index is 2.22. The molecular weight excluding hydrogens is 338 g/mol. The summed E-state index contributed by atoms with van der Waals surface area (Å²) in [6.07, 6.45) is 1.35. The first-order valence-electron chi connectivity index (χ1n) is 10.1. The van der Waals surface area contributed by atoms with Gasteiger partial charge in [0.2, 0.25) is 5.91 Å². The Kier molecular flexibility index (Phi) is 6.30. The van der Waals surface area contributed by atoms with E-state index in [2.05, 4.69) is 53.7 Å². The molecule has 0 spiro atoms. The van der Waals surface area contributed by atoms with Gasteiger partial charge in [-0.15, -0.1) is 0 Å². The number of phenols is 1. The highest BCUT2D eigenvalue weighted by molar-refractivity contribution is 5.76. The molecule has 1 saturated heterocycles. The summed E-state index contributed by atoms with van der Waals surface area (Å²) in [5.41, 5.74) is 2.71. The van der Waals surface area contributed by atoms with Gasteiger partial charge in [0.15, 0.2) is 0 Å². The van der Waals surface area contributed by atoms with E-state index in [4.69, 9.17) is 4.74 Å². The molecule has 2 atom stereocenters. The van der Waals surface area contributed by atoms with Gasteiger partial charge in [0.1, 0.15) is 5.75 Å². The average molecular weight is 376 g/mol. The molecule has 0 aromatic heterocycles. The minimum Gasteiger partial charge on any atom is -0.507 e. The molecule has 1 fully saturated rings. The Morgan fingerprint density at radius 1 is 1.04 bits per heavy atom. The van der Waals surface area contributed by atoms with Crippen molar-refractivity contribution in [2.45, 2.75) is 91.3 Å². The van der Waals surface area contributed by atoms with Crippen LogP contribution in [0.4, 0.5) is 0 Å². The summed E-state index contributed by atoms with van der Waals surface area (Å²) in [6, 6.07) is 4.14. The molecule has 0 radical (unpaired) electrons. The Labute approximate surface area is 164 Å².